The number of nitrogens with two attached hydrogens (primary N) is 1. The van der Waals surface area contributed by atoms with E-state index in [0.29, 0.717) is 17.9 Å². The van der Waals surface area contributed by atoms with Gasteiger partial charge < -0.3 is 10.6 Å². The van der Waals surface area contributed by atoms with E-state index < -0.39 is 0 Å². The second kappa shape index (κ2) is 6.66. The highest BCUT2D eigenvalue weighted by atomic mass is 16.2. The van der Waals surface area contributed by atoms with Crippen molar-refractivity contribution in [3.05, 3.63) is 0 Å². The van der Waals surface area contributed by atoms with Gasteiger partial charge in [0.1, 0.15) is 0 Å². The van der Waals surface area contributed by atoms with Crippen LogP contribution in [0.2, 0.25) is 0 Å². The summed E-state index contributed by atoms with van der Waals surface area (Å²) in [6.07, 6.45) is 8.52. The molecule has 0 aromatic rings. The normalized spacial score (nSPS) is 36.1. The van der Waals surface area contributed by atoms with Gasteiger partial charge in [0, 0.05) is 44.2 Å². The van der Waals surface area contributed by atoms with Gasteiger partial charge in [-0.3, -0.25) is 9.69 Å². The average molecular weight is 293 g/mol. The van der Waals surface area contributed by atoms with Gasteiger partial charge in [0.25, 0.3) is 0 Å². The second-order valence-corrected chi connectivity index (χ2v) is 7.45. The smallest absolute Gasteiger partial charge is 0.225 e. The van der Waals surface area contributed by atoms with E-state index in [0.717, 1.165) is 51.5 Å². The molecule has 0 aromatic carbocycles. The first-order valence-electron chi connectivity index (χ1n) is 8.93. The van der Waals surface area contributed by atoms with Gasteiger partial charge in [-0.15, -0.1) is 0 Å². The van der Waals surface area contributed by atoms with Gasteiger partial charge >= 0.3 is 0 Å². The molecule has 3 atom stereocenters. The first kappa shape index (κ1) is 15.3. The van der Waals surface area contributed by atoms with E-state index in [2.05, 4.69) is 16.7 Å². The fraction of sp³-hybridized carbons (Fsp3) is 0.941. The maximum absolute atomic E-state index is 12.7. The number of rotatable bonds is 2. The third-order valence-electron chi connectivity index (χ3n) is 6.05. The molecule has 3 unspecified atom stereocenters. The summed E-state index contributed by atoms with van der Waals surface area (Å²) in [5.41, 5.74) is 6.08. The Balaban J connectivity index is 1.48. The number of piperazine rings is 1. The molecule has 2 N–H and O–H groups in total. The molecule has 3 aliphatic rings. The SMILES string of the molecule is CC1CC(C(=O)N2CCN(C3CCCC3)CC2)CCC1N. The van der Waals surface area contributed by atoms with Crippen LogP contribution in [0.15, 0.2) is 0 Å². The predicted molar refractivity (Wildman–Crippen MR) is 84.9 cm³/mol. The molecule has 4 nitrogen and oxygen atoms in total. The Morgan fingerprint density at radius 2 is 1.67 bits per heavy atom. The molecular weight excluding hydrogens is 262 g/mol. The predicted octanol–water partition coefficient (Wildman–Crippen LogP) is 1.84. The standard InChI is InChI=1S/C17H31N3O/c1-13-12-14(6-7-16(13)18)17(21)20-10-8-19(9-11-20)15-4-2-3-5-15/h13-16H,2-12,18H2,1H3. The first-order chi connectivity index (χ1) is 10.1. The van der Waals surface area contributed by atoms with Crippen molar-refractivity contribution in [1.82, 2.24) is 9.80 Å². The highest BCUT2D eigenvalue weighted by molar-refractivity contribution is 5.79. The zero-order valence-corrected chi connectivity index (χ0v) is 13.5. The molecule has 21 heavy (non-hydrogen) atoms. The van der Waals surface area contributed by atoms with E-state index in [1.165, 1.54) is 25.7 Å². The minimum absolute atomic E-state index is 0.234. The fourth-order valence-corrected chi connectivity index (χ4v) is 4.48. The lowest BCUT2D eigenvalue weighted by Gasteiger charge is -2.40. The highest BCUT2D eigenvalue weighted by Crippen LogP contribution is 2.30. The average Bonchev–Trinajstić information content (AvgIpc) is 3.04. The van der Waals surface area contributed by atoms with E-state index in [9.17, 15) is 4.79 Å². The summed E-state index contributed by atoms with van der Waals surface area (Å²) in [4.78, 5) is 17.4. The Kier molecular flexibility index (Phi) is 4.85. The van der Waals surface area contributed by atoms with E-state index in [4.69, 9.17) is 5.73 Å². The zero-order valence-electron chi connectivity index (χ0n) is 13.5. The maximum atomic E-state index is 12.7. The van der Waals surface area contributed by atoms with Gasteiger partial charge in [-0.25, -0.2) is 0 Å². The van der Waals surface area contributed by atoms with Crippen LogP contribution >= 0.6 is 0 Å². The molecule has 3 rings (SSSR count). The number of hydrogen-bond donors (Lipinski definition) is 1. The van der Waals surface area contributed by atoms with Crippen molar-refractivity contribution in [1.29, 1.82) is 0 Å². The zero-order chi connectivity index (χ0) is 14.8. The topological polar surface area (TPSA) is 49.6 Å². The summed E-state index contributed by atoms with van der Waals surface area (Å²) in [6, 6.07) is 1.10. The molecule has 120 valence electrons. The van der Waals surface area contributed by atoms with E-state index in [-0.39, 0.29) is 5.92 Å². The highest BCUT2D eigenvalue weighted by Gasteiger charge is 2.34. The van der Waals surface area contributed by atoms with Crippen molar-refractivity contribution in [2.24, 2.45) is 17.6 Å². The van der Waals surface area contributed by atoms with Crippen molar-refractivity contribution in [2.75, 3.05) is 26.2 Å². The number of nitrogens with zero attached hydrogens (tertiary/aromatic N) is 2. The van der Waals surface area contributed by atoms with Gasteiger partial charge in [0.2, 0.25) is 5.91 Å². The van der Waals surface area contributed by atoms with E-state index in [1.807, 2.05) is 0 Å². The summed E-state index contributed by atoms with van der Waals surface area (Å²) < 4.78 is 0. The van der Waals surface area contributed by atoms with Gasteiger partial charge in [0.05, 0.1) is 0 Å². The van der Waals surface area contributed by atoms with Gasteiger partial charge in [-0.1, -0.05) is 19.8 Å². The Morgan fingerprint density at radius 3 is 2.29 bits per heavy atom. The van der Waals surface area contributed by atoms with Crippen molar-refractivity contribution in [3.8, 4) is 0 Å². The van der Waals surface area contributed by atoms with Crippen LogP contribution in [0.25, 0.3) is 0 Å². The number of amides is 1. The van der Waals surface area contributed by atoms with Gasteiger partial charge in [-0.2, -0.15) is 0 Å². The van der Waals surface area contributed by atoms with Crippen molar-refractivity contribution in [3.63, 3.8) is 0 Å². The van der Waals surface area contributed by atoms with Crippen LogP contribution in [0.1, 0.15) is 51.9 Å². The number of hydrogen-bond acceptors (Lipinski definition) is 3. The van der Waals surface area contributed by atoms with Crippen LogP contribution in [0.4, 0.5) is 0 Å². The Bertz CT molecular complexity index is 359. The Hall–Kier alpha value is -0.610. The second-order valence-electron chi connectivity index (χ2n) is 7.45. The van der Waals surface area contributed by atoms with Crippen molar-refractivity contribution >= 4 is 5.91 Å². The third kappa shape index (κ3) is 3.42. The molecule has 1 amide bonds. The van der Waals surface area contributed by atoms with E-state index >= 15 is 0 Å². The quantitative estimate of drug-likeness (QED) is 0.845. The summed E-state index contributed by atoms with van der Waals surface area (Å²) in [7, 11) is 0. The Labute approximate surface area is 129 Å². The molecule has 0 aromatic heterocycles. The molecule has 0 radical (unpaired) electrons. The van der Waals surface area contributed by atoms with Crippen LogP contribution in [-0.2, 0) is 4.79 Å². The van der Waals surface area contributed by atoms with Gasteiger partial charge in [-0.05, 0) is 38.0 Å². The molecule has 1 heterocycles. The summed E-state index contributed by atoms with van der Waals surface area (Å²) in [6.45, 7) is 6.23. The molecular formula is C17H31N3O. The maximum Gasteiger partial charge on any atom is 0.225 e. The largest absolute Gasteiger partial charge is 0.340 e. The fourth-order valence-electron chi connectivity index (χ4n) is 4.48. The summed E-state index contributed by atoms with van der Waals surface area (Å²) in [5.74, 6) is 1.13. The van der Waals surface area contributed by atoms with E-state index in [1.54, 1.807) is 0 Å². The molecule has 1 saturated heterocycles. The molecule has 2 aliphatic carbocycles. The number of carbonyl (C=O) groups is 1. The summed E-state index contributed by atoms with van der Waals surface area (Å²) >= 11 is 0. The summed E-state index contributed by atoms with van der Waals surface area (Å²) in [5, 5.41) is 0. The molecule has 0 bridgehead atoms. The lowest BCUT2D eigenvalue weighted by atomic mass is 9.78. The minimum Gasteiger partial charge on any atom is -0.340 e. The van der Waals surface area contributed by atoms with Crippen LogP contribution in [0.3, 0.4) is 0 Å². The minimum atomic E-state index is 0.234. The monoisotopic (exact) mass is 293 g/mol. The van der Waals surface area contributed by atoms with Crippen LogP contribution < -0.4 is 5.73 Å². The molecule has 3 fully saturated rings. The van der Waals surface area contributed by atoms with Crippen LogP contribution in [-0.4, -0.2) is 54.0 Å². The molecule has 4 heteroatoms. The van der Waals surface area contributed by atoms with Crippen molar-refractivity contribution in [2.45, 2.75) is 64.0 Å². The first-order valence-corrected chi connectivity index (χ1v) is 8.93. The van der Waals surface area contributed by atoms with Crippen LogP contribution in [0, 0.1) is 11.8 Å². The Morgan fingerprint density at radius 1 is 1.00 bits per heavy atom. The third-order valence-corrected chi connectivity index (χ3v) is 6.05. The lowest BCUT2D eigenvalue weighted by molar-refractivity contribution is -0.139. The van der Waals surface area contributed by atoms with Crippen LogP contribution in [0.5, 0.6) is 0 Å². The molecule has 0 spiro atoms. The number of carbonyl (C=O) groups excluding carboxylic acids is 1. The van der Waals surface area contributed by atoms with Gasteiger partial charge in [0.15, 0.2) is 0 Å². The van der Waals surface area contributed by atoms with Crippen molar-refractivity contribution < 1.29 is 4.79 Å². The lowest BCUT2D eigenvalue weighted by Crippen LogP contribution is -2.53. The molecule has 2 saturated carbocycles. The molecule has 1 aliphatic heterocycles.